The van der Waals surface area contributed by atoms with E-state index in [1.165, 1.54) is 0 Å². The highest BCUT2D eigenvalue weighted by molar-refractivity contribution is 6.41. The van der Waals surface area contributed by atoms with Crippen LogP contribution in [0, 0.1) is 0 Å². The van der Waals surface area contributed by atoms with Gasteiger partial charge < -0.3 is 0 Å². The summed E-state index contributed by atoms with van der Waals surface area (Å²) in [5.74, 6) is -0.427. The van der Waals surface area contributed by atoms with Crippen molar-refractivity contribution in [3.8, 4) is 0 Å². The monoisotopic (exact) mass is 141 g/mol. The van der Waals surface area contributed by atoms with Crippen LogP contribution in [0.2, 0.25) is 0 Å². The smallest absolute Gasteiger partial charge is 0.215 e. The first-order valence-electron chi connectivity index (χ1n) is 3.36. The van der Waals surface area contributed by atoms with E-state index < -0.39 is 0 Å². The fraction of sp³-hybridized carbons (Fsp3) is 0.714. The average molecular weight is 141 g/mol. The topological polar surface area (TPSA) is 37.4 Å². The zero-order valence-corrected chi connectivity index (χ0v) is 6.26. The van der Waals surface area contributed by atoms with E-state index >= 15 is 0 Å². The third-order valence-corrected chi connectivity index (χ3v) is 1.85. The lowest BCUT2D eigenvalue weighted by Crippen LogP contribution is -2.33. The molecule has 0 aliphatic heterocycles. The van der Waals surface area contributed by atoms with Crippen molar-refractivity contribution < 1.29 is 9.59 Å². The number of rotatable bonds is 1. The minimum atomic E-state index is -0.218. The zero-order chi connectivity index (χ0) is 7.72. The van der Waals surface area contributed by atoms with Gasteiger partial charge in [0.25, 0.3) is 0 Å². The summed E-state index contributed by atoms with van der Waals surface area (Å²) in [6.07, 6.45) is 1.13. The van der Waals surface area contributed by atoms with Crippen molar-refractivity contribution >= 4 is 11.6 Å². The van der Waals surface area contributed by atoms with Crippen molar-refractivity contribution in [1.82, 2.24) is 4.90 Å². The first-order valence-corrected chi connectivity index (χ1v) is 3.36. The molecule has 3 nitrogen and oxygen atoms in total. The molecule has 1 unspecified atom stereocenters. The van der Waals surface area contributed by atoms with Crippen molar-refractivity contribution in [3.05, 3.63) is 0 Å². The highest BCUT2D eigenvalue weighted by atomic mass is 16.2. The summed E-state index contributed by atoms with van der Waals surface area (Å²) in [4.78, 5) is 23.5. The highest BCUT2D eigenvalue weighted by Crippen LogP contribution is 2.14. The molecule has 0 radical (unpaired) electrons. The number of hydrogen-bond donors (Lipinski definition) is 0. The minimum Gasteiger partial charge on any atom is -0.299 e. The van der Waals surface area contributed by atoms with E-state index in [0.717, 1.165) is 0 Å². The SMILES string of the molecule is CN(C)C1CCC(=O)C1=O. The van der Waals surface area contributed by atoms with Gasteiger partial charge in [-0.3, -0.25) is 14.5 Å². The van der Waals surface area contributed by atoms with E-state index in [0.29, 0.717) is 12.8 Å². The van der Waals surface area contributed by atoms with E-state index in [1.807, 2.05) is 14.1 Å². The molecule has 0 spiro atoms. The van der Waals surface area contributed by atoms with E-state index in [4.69, 9.17) is 0 Å². The fourth-order valence-corrected chi connectivity index (χ4v) is 1.20. The molecule has 1 atom stereocenters. The van der Waals surface area contributed by atoms with Crippen LogP contribution in [0.1, 0.15) is 12.8 Å². The summed E-state index contributed by atoms with van der Waals surface area (Å²) in [5.41, 5.74) is 0. The predicted octanol–water partition coefficient (Wildman–Crippen LogP) is -0.151. The Morgan fingerprint density at radius 2 is 2.00 bits per heavy atom. The molecule has 10 heavy (non-hydrogen) atoms. The molecule has 0 heterocycles. The molecule has 0 amide bonds. The number of Topliss-reactive ketones (excluding diaryl/α,β-unsaturated/α-hetero) is 2. The van der Waals surface area contributed by atoms with Gasteiger partial charge in [-0.15, -0.1) is 0 Å². The van der Waals surface area contributed by atoms with Gasteiger partial charge in [-0.05, 0) is 20.5 Å². The third-order valence-electron chi connectivity index (χ3n) is 1.85. The van der Waals surface area contributed by atoms with Crippen LogP contribution < -0.4 is 0 Å². The molecule has 1 saturated carbocycles. The van der Waals surface area contributed by atoms with Crippen LogP contribution in [-0.2, 0) is 9.59 Å². The summed E-state index contributed by atoms with van der Waals surface area (Å²) in [5, 5.41) is 0. The Bertz CT molecular complexity index is 174. The summed E-state index contributed by atoms with van der Waals surface area (Å²) in [6.45, 7) is 0. The molecular weight excluding hydrogens is 130 g/mol. The molecule has 56 valence electrons. The largest absolute Gasteiger partial charge is 0.299 e. The van der Waals surface area contributed by atoms with Gasteiger partial charge in [0.05, 0.1) is 6.04 Å². The second-order valence-corrected chi connectivity index (χ2v) is 2.81. The van der Waals surface area contributed by atoms with Gasteiger partial charge in [0.2, 0.25) is 5.78 Å². The van der Waals surface area contributed by atoms with Gasteiger partial charge in [0, 0.05) is 6.42 Å². The lowest BCUT2D eigenvalue weighted by molar-refractivity contribution is -0.135. The summed E-state index contributed by atoms with van der Waals surface area (Å²) in [7, 11) is 3.64. The number of hydrogen-bond acceptors (Lipinski definition) is 3. The lowest BCUT2D eigenvalue weighted by atomic mass is 10.2. The minimum absolute atomic E-state index is 0.146. The maximum Gasteiger partial charge on any atom is 0.215 e. The predicted molar refractivity (Wildman–Crippen MR) is 36.7 cm³/mol. The second kappa shape index (κ2) is 2.50. The molecule has 0 aromatic heterocycles. The van der Waals surface area contributed by atoms with Crippen LogP contribution in [0.3, 0.4) is 0 Å². The Morgan fingerprint density at radius 3 is 2.20 bits per heavy atom. The molecule has 0 saturated heterocycles. The molecule has 1 rings (SSSR count). The molecule has 1 aliphatic rings. The maximum absolute atomic E-state index is 11.0. The molecular formula is C7H11NO2. The van der Waals surface area contributed by atoms with Crippen molar-refractivity contribution in [2.75, 3.05) is 14.1 Å². The van der Waals surface area contributed by atoms with Crippen LogP contribution in [0.5, 0.6) is 0 Å². The molecule has 0 aromatic rings. The first kappa shape index (κ1) is 7.41. The first-order chi connectivity index (χ1) is 4.63. The third kappa shape index (κ3) is 1.09. The summed E-state index contributed by atoms with van der Waals surface area (Å²) >= 11 is 0. The number of carbonyl (C=O) groups excluding carboxylic acids is 2. The molecule has 0 aromatic carbocycles. The number of ketones is 2. The summed E-state index contributed by atoms with van der Waals surface area (Å²) in [6, 6.07) is -0.146. The molecule has 0 N–H and O–H groups in total. The van der Waals surface area contributed by atoms with Crippen LogP contribution in [0.15, 0.2) is 0 Å². The maximum atomic E-state index is 11.0. The highest BCUT2D eigenvalue weighted by Gasteiger charge is 2.33. The standard InChI is InChI=1S/C7H11NO2/c1-8(2)5-3-4-6(9)7(5)10/h5H,3-4H2,1-2H3. The van der Waals surface area contributed by atoms with Crippen LogP contribution in [0.25, 0.3) is 0 Å². The van der Waals surface area contributed by atoms with Crippen LogP contribution in [-0.4, -0.2) is 36.6 Å². The van der Waals surface area contributed by atoms with E-state index in [1.54, 1.807) is 4.90 Å². The van der Waals surface area contributed by atoms with Gasteiger partial charge in [-0.2, -0.15) is 0 Å². The Morgan fingerprint density at radius 1 is 1.40 bits per heavy atom. The number of likely N-dealkylation sites (N-methyl/N-ethyl adjacent to an activating group) is 1. The Hall–Kier alpha value is -0.700. The van der Waals surface area contributed by atoms with Crippen LogP contribution >= 0.6 is 0 Å². The normalized spacial score (nSPS) is 26.5. The molecule has 0 bridgehead atoms. The van der Waals surface area contributed by atoms with Crippen molar-refractivity contribution in [2.45, 2.75) is 18.9 Å². The van der Waals surface area contributed by atoms with Gasteiger partial charge in [-0.1, -0.05) is 0 Å². The average Bonchev–Trinajstić information content (AvgIpc) is 2.14. The number of carbonyl (C=O) groups is 2. The van der Waals surface area contributed by atoms with Crippen LogP contribution in [0.4, 0.5) is 0 Å². The second-order valence-electron chi connectivity index (χ2n) is 2.81. The van der Waals surface area contributed by atoms with Crippen molar-refractivity contribution in [1.29, 1.82) is 0 Å². The molecule has 1 aliphatic carbocycles. The van der Waals surface area contributed by atoms with E-state index in [9.17, 15) is 9.59 Å². The zero-order valence-electron chi connectivity index (χ0n) is 6.26. The van der Waals surface area contributed by atoms with Crippen molar-refractivity contribution in [2.24, 2.45) is 0 Å². The van der Waals surface area contributed by atoms with Gasteiger partial charge >= 0.3 is 0 Å². The fourth-order valence-electron chi connectivity index (χ4n) is 1.20. The van der Waals surface area contributed by atoms with E-state index in [-0.39, 0.29) is 17.6 Å². The molecule has 3 heteroatoms. The Kier molecular flexibility index (Phi) is 1.85. The quantitative estimate of drug-likeness (QED) is 0.476. The van der Waals surface area contributed by atoms with Gasteiger partial charge in [-0.25, -0.2) is 0 Å². The lowest BCUT2D eigenvalue weighted by Gasteiger charge is -2.14. The van der Waals surface area contributed by atoms with Crippen molar-refractivity contribution in [3.63, 3.8) is 0 Å². The Balaban J connectivity index is 2.66. The van der Waals surface area contributed by atoms with E-state index in [2.05, 4.69) is 0 Å². The summed E-state index contributed by atoms with van der Waals surface area (Å²) < 4.78 is 0. The van der Waals surface area contributed by atoms with Gasteiger partial charge in [0.1, 0.15) is 0 Å². The van der Waals surface area contributed by atoms with Gasteiger partial charge in [0.15, 0.2) is 5.78 Å². The molecule has 1 fully saturated rings. The number of nitrogens with zero attached hydrogens (tertiary/aromatic N) is 1. The Labute approximate surface area is 60.0 Å².